The van der Waals surface area contributed by atoms with E-state index in [1.165, 1.54) is 16.8 Å². The van der Waals surface area contributed by atoms with Gasteiger partial charge in [0, 0.05) is 29.6 Å². The molecule has 0 aliphatic heterocycles. The lowest BCUT2D eigenvalue weighted by molar-refractivity contribution is 0.595. The minimum atomic E-state index is -1.24. The van der Waals surface area contributed by atoms with Gasteiger partial charge >= 0.3 is 0 Å². The third kappa shape index (κ3) is 2.80. The van der Waals surface area contributed by atoms with Crippen molar-refractivity contribution in [3.63, 3.8) is 0 Å². The summed E-state index contributed by atoms with van der Waals surface area (Å²) in [5, 5.41) is 4.88. The lowest BCUT2D eigenvalue weighted by atomic mass is 10.3. The largest absolute Gasteiger partial charge is 0.610 e. The molecule has 3 heterocycles. The molecule has 21 heavy (non-hydrogen) atoms. The van der Waals surface area contributed by atoms with Crippen molar-refractivity contribution in [2.75, 3.05) is 6.26 Å². The van der Waals surface area contributed by atoms with Crippen molar-refractivity contribution in [3.8, 4) is 0 Å². The van der Waals surface area contributed by atoms with Crippen molar-refractivity contribution in [2.24, 2.45) is 0 Å². The van der Waals surface area contributed by atoms with Crippen LogP contribution in [0.1, 0.15) is 5.56 Å². The fourth-order valence-electron chi connectivity index (χ4n) is 1.99. The summed E-state index contributed by atoms with van der Waals surface area (Å²) in [5.41, 5.74) is 1.26. The number of nitrogens with zero attached hydrogens (tertiary/aromatic N) is 4. The van der Waals surface area contributed by atoms with Gasteiger partial charge in [-0.25, -0.2) is 4.98 Å². The topological polar surface area (TPSA) is 75.2 Å². The van der Waals surface area contributed by atoms with E-state index in [1.807, 2.05) is 10.6 Å². The Morgan fingerprint density at radius 3 is 2.86 bits per heavy atom. The highest BCUT2D eigenvalue weighted by molar-refractivity contribution is 7.90. The van der Waals surface area contributed by atoms with Gasteiger partial charge in [-0.05, 0) is 11.6 Å². The fourth-order valence-corrected chi connectivity index (χ4v) is 2.57. The fraction of sp³-hybridized carbons (Fsp3) is 0.154. The summed E-state index contributed by atoms with van der Waals surface area (Å²) in [4.78, 5) is 15.8. The third-order valence-electron chi connectivity index (χ3n) is 3.00. The zero-order valence-electron chi connectivity index (χ0n) is 11.1. The van der Waals surface area contributed by atoms with Crippen molar-refractivity contribution in [1.29, 1.82) is 0 Å². The van der Waals surface area contributed by atoms with Crippen LogP contribution in [0.5, 0.6) is 0 Å². The predicted octanol–water partition coefficient (Wildman–Crippen LogP) is 1.33. The Bertz CT molecular complexity index is 841. The van der Waals surface area contributed by atoms with E-state index in [4.69, 9.17) is 11.6 Å². The zero-order chi connectivity index (χ0) is 15.0. The first-order valence-corrected chi connectivity index (χ1v) is 8.01. The van der Waals surface area contributed by atoms with Gasteiger partial charge in [0.05, 0.1) is 12.6 Å². The van der Waals surface area contributed by atoms with Gasteiger partial charge in [-0.2, -0.15) is 4.52 Å². The van der Waals surface area contributed by atoms with Gasteiger partial charge in [-0.1, -0.05) is 17.7 Å². The van der Waals surface area contributed by atoms with Crippen LogP contribution in [0.25, 0.3) is 5.65 Å². The Labute approximate surface area is 128 Å². The molecule has 1 unspecified atom stereocenters. The molecule has 0 aliphatic carbocycles. The Morgan fingerprint density at radius 1 is 1.38 bits per heavy atom. The number of aromatic nitrogens is 4. The van der Waals surface area contributed by atoms with Crippen LogP contribution in [0.15, 0.2) is 46.5 Å². The molecule has 108 valence electrons. The van der Waals surface area contributed by atoms with Crippen LogP contribution in [0.3, 0.4) is 0 Å². The third-order valence-corrected chi connectivity index (χ3v) is 4.02. The molecule has 0 saturated heterocycles. The Kier molecular flexibility index (Phi) is 3.71. The normalized spacial score (nSPS) is 12.7. The molecule has 0 aromatic carbocycles. The Morgan fingerprint density at radius 2 is 2.19 bits per heavy atom. The van der Waals surface area contributed by atoms with Crippen LogP contribution in [0, 0.1) is 0 Å². The second-order valence-corrected chi connectivity index (χ2v) is 6.19. The predicted molar refractivity (Wildman–Crippen MR) is 80.1 cm³/mol. The molecule has 0 amide bonds. The smallest absolute Gasteiger partial charge is 0.274 e. The first kappa shape index (κ1) is 14.1. The first-order chi connectivity index (χ1) is 10.0. The van der Waals surface area contributed by atoms with Crippen molar-refractivity contribution in [2.45, 2.75) is 11.6 Å². The molecule has 0 bridgehead atoms. The van der Waals surface area contributed by atoms with Gasteiger partial charge in [0.1, 0.15) is 17.1 Å². The van der Waals surface area contributed by atoms with Crippen LogP contribution in [0.2, 0.25) is 5.15 Å². The molecule has 3 rings (SSSR count). The number of hydrogen-bond acceptors (Lipinski definition) is 4. The number of pyridine rings is 1. The van der Waals surface area contributed by atoms with E-state index < -0.39 is 11.2 Å². The van der Waals surface area contributed by atoms with E-state index in [2.05, 4.69) is 10.1 Å². The van der Waals surface area contributed by atoms with E-state index in [0.717, 1.165) is 5.56 Å². The van der Waals surface area contributed by atoms with Gasteiger partial charge in [0.2, 0.25) is 0 Å². The highest BCUT2D eigenvalue weighted by Gasteiger charge is 2.14. The summed E-state index contributed by atoms with van der Waals surface area (Å²) >= 11 is 4.52. The summed E-state index contributed by atoms with van der Waals surface area (Å²) in [6, 6.07) is 6.64. The average Bonchev–Trinajstić information content (AvgIpc) is 2.91. The maximum absolute atomic E-state index is 11.8. The second-order valence-electron chi connectivity index (χ2n) is 4.48. The van der Waals surface area contributed by atoms with Crippen LogP contribution < -0.4 is 5.56 Å². The second kappa shape index (κ2) is 5.51. The van der Waals surface area contributed by atoms with Crippen molar-refractivity contribution in [3.05, 3.63) is 57.7 Å². The van der Waals surface area contributed by atoms with Crippen LogP contribution in [0.4, 0.5) is 0 Å². The molecule has 3 aromatic rings. The van der Waals surface area contributed by atoms with Crippen molar-refractivity contribution >= 4 is 28.4 Å². The van der Waals surface area contributed by atoms with E-state index in [0.29, 0.717) is 22.4 Å². The number of halogens is 1. The Balaban J connectivity index is 2.08. The molecular formula is C13H11ClN4O2S. The van der Waals surface area contributed by atoms with Crippen molar-refractivity contribution in [1.82, 2.24) is 19.2 Å². The quantitative estimate of drug-likeness (QED) is 0.538. The number of hydrogen-bond donors (Lipinski definition) is 0. The minimum absolute atomic E-state index is 0.257. The summed E-state index contributed by atoms with van der Waals surface area (Å²) in [5.74, 6) is 0. The molecule has 0 fully saturated rings. The van der Waals surface area contributed by atoms with E-state index in [9.17, 15) is 9.35 Å². The average molecular weight is 323 g/mol. The number of rotatable bonds is 3. The SMILES string of the molecule is C[S+]([O-])c1cc2n(Cc3ccc(Cl)nc3)ccc(=O)n2n1. The molecule has 0 N–H and O–H groups in total. The molecule has 8 heteroatoms. The monoisotopic (exact) mass is 322 g/mol. The van der Waals surface area contributed by atoms with Gasteiger partial charge in [-0.3, -0.25) is 4.79 Å². The summed E-state index contributed by atoms with van der Waals surface area (Å²) in [6.07, 6.45) is 4.88. The van der Waals surface area contributed by atoms with Crippen LogP contribution >= 0.6 is 11.6 Å². The molecule has 1 atom stereocenters. The standard InChI is InChI=1S/C13H11ClN4O2S/c1-21(20)11-6-12-17(5-4-13(19)18(12)16-11)8-9-2-3-10(14)15-7-9/h2-7H,8H2,1H3. The van der Waals surface area contributed by atoms with E-state index in [-0.39, 0.29) is 5.56 Å². The minimum Gasteiger partial charge on any atom is -0.610 e. The van der Waals surface area contributed by atoms with Crippen molar-refractivity contribution < 1.29 is 4.55 Å². The van der Waals surface area contributed by atoms with Crippen LogP contribution in [-0.4, -0.2) is 30.0 Å². The van der Waals surface area contributed by atoms with Gasteiger partial charge < -0.3 is 9.12 Å². The molecule has 0 aliphatic rings. The summed E-state index contributed by atoms with van der Waals surface area (Å²) in [7, 11) is 0. The molecule has 0 radical (unpaired) electrons. The molecular weight excluding hydrogens is 312 g/mol. The summed E-state index contributed by atoms with van der Waals surface area (Å²) in [6.45, 7) is 0.509. The van der Waals surface area contributed by atoms with E-state index in [1.54, 1.807) is 24.5 Å². The van der Waals surface area contributed by atoms with Crippen LogP contribution in [-0.2, 0) is 17.7 Å². The first-order valence-electron chi connectivity index (χ1n) is 6.08. The maximum Gasteiger partial charge on any atom is 0.274 e. The maximum atomic E-state index is 11.8. The lowest BCUT2D eigenvalue weighted by Crippen LogP contribution is -2.17. The van der Waals surface area contributed by atoms with E-state index >= 15 is 0 Å². The summed E-state index contributed by atoms with van der Waals surface area (Å²) < 4.78 is 14.6. The highest BCUT2D eigenvalue weighted by Crippen LogP contribution is 2.12. The number of fused-ring (bicyclic) bond motifs is 1. The molecule has 0 spiro atoms. The van der Waals surface area contributed by atoms with Gasteiger partial charge in [0.25, 0.3) is 10.6 Å². The zero-order valence-corrected chi connectivity index (χ0v) is 12.6. The lowest BCUT2D eigenvalue weighted by Gasteiger charge is -2.07. The highest BCUT2D eigenvalue weighted by atomic mass is 35.5. The molecule has 6 nitrogen and oxygen atoms in total. The molecule has 0 saturated carbocycles. The Hall–Kier alpha value is -1.83. The van der Waals surface area contributed by atoms with Gasteiger partial charge in [0.15, 0.2) is 0 Å². The molecule has 3 aromatic heterocycles. The van der Waals surface area contributed by atoms with Gasteiger partial charge in [-0.15, -0.1) is 5.10 Å².